The zero-order valence-electron chi connectivity index (χ0n) is 24.2. The molecule has 44 heavy (non-hydrogen) atoms. The molecule has 5 rings (SSSR count). The molecule has 2 fully saturated rings. The lowest BCUT2D eigenvalue weighted by Crippen LogP contribution is -2.50. The van der Waals surface area contributed by atoms with E-state index in [4.69, 9.17) is 28.3 Å². The lowest BCUT2D eigenvalue weighted by Gasteiger charge is -2.26. The van der Waals surface area contributed by atoms with Gasteiger partial charge in [-0.25, -0.2) is 13.4 Å². The van der Waals surface area contributed by atoms with Gasteiger partial charge in [-0.1, -0.05) is 11.3 Å². The molecule has 1 saturated carbocycles. The lowest BCUT2D eigenvalue weighted by atomic mass is 9.49. The molecular formula is C27H28B3N7O6S. The Kier molecular flexibility index (Phi) is 8.52. The van der Waals surface area contributed by atoms with E-state index >= 15 is 0 Å². The van der Waals surface area contributed by atoms with E-state index in [2.05, 4.69) is 26.0 Å². The molecule has 2 aromatic heterocycles. The minimum atomic E-state index is -3.15. The molecule has 0 atom stereocenters. The molecule has 1 aliphatic carbocycles. The van der Waals surface area contributed by atoms with Gasteiger partial charge in [0.15, 0.2) is 15.6 Å². The third-order valence-electron chi connectivity index (χ3n) is 7.17. The lowest BCUT2D eigenvalue weighted by molar-refractivity contribution is -0.117. The van der Waals surface area contributed by atoms with Crippen molar-refractivity contribution in [3.63, 3.8) is 0 Å². The normalized spacial score (nSPS) is 16.2. The number of methoxy groups -OCH3 is 1. The van der Waals surface area contributed by atoms with Crippen LogP contribution in [0.4, 0.5) is 17.2 Å². The highest BCUT2D eigenvalue weighted by Crippen LogP contribution is 2.39. The Bertz CT molecular complexity index is 1720. The maximum atomic E-state index is 13.2. The van der Waals surface area contributed by atoms with Gasteiger partial charge < -0.3 is 25.6 Å². The second-order valence-corrected chi connectivity index (χ2v) is 13.1. The predicted octanol–water partition coefficient (Wildman–Crippen LogP) is 0.300. The van der Waals surface area contributed by atoms with Gasteiger partial charge in [0.05, 0.1) is 64.8 Å². The quantitative estimate of drug-likeness (QED) is 0.289. The van der Waals surface area contributed by atoms with Crippen molar-refractivity contribution in [1.82, 2.24) is 25.0 Å². The molecule has 13 nitrogen and oxygen atoms in total. The molecule has 1 saturated heterocycles. The van der Waals surface area contributed by atoms with Crippen LogP contribution in [0, 0.1) is 5.92 Å². The SMILES string of the molecule is [B]C([B])([B])NC(=O)c1cnc(NC(=O)C2CC2)cc1Nc1cccc(-c2cc(C(=O)N3CCS(=O)(=O)CC3)n(C)n2)c1OC. The number of carbonyl (C=O) groups excluding carboxylic acids is 3. The van der Waals surface area contributed by atoms with Gasteiger partial charge in [0.2, 0.25) is 5.91 Å². The van der Waals surface area contributed by atoms with Gasteiger partial charge in [-0.05, 0) is 31.0 Å². The van der Waals surface area contributed by atoms with Crippen LogP contribution in [0.1, 0.15) is 33.7 Å². The minimum Gasteiger partial charge on any atom is -0.494 e. The summed E-state index contributed by atoms with van der Waals surface area (Å²) < 4.78 is 30.8. The Hall–Kier alpha value is -4.27. The number of anilines is 3. The first kappa shape index (κ1) is 31.2. The van der Waals surface area contributed by atoms with Crippen molar-refractivity contribution < 1.29 is 27.5 Å². The number of ether oxygens (including phenoxy) is 1. The summed E-state index contributed by atoms with van der Waals surface area (Å²) >= 11 is 0. The van der Waals surface area contributed by atoms with Crippen molar-refractivity contribution in [2.45, 2.75) is 18.1 Å². The number of nitrogens with one attached hydrogen (secondary N) is 3. The van der Waals surface area contributed by atoms with Crippen LogP contribution in [0.15, 0.2) is 36.5 Å². The summed E-state index contributed by atoms with van der Waals surface area (Å²) in [5.41, 5.74) is 1.91. The molecule has 3 N–H and O–H groups in total. The monoisotopic (exact) mass is 611 g/mol. The maximum absolute atomic E-state index is 13.2. The van der Waals surface area contributed by atoms with Gasteiger partial charge >= 0.3 is 0 Å². The van der Waals surface area contributed by atoms with Crippen LogP contribution >= 0.6 is 0 Å². The Labute approximate surface area is 258 Å². The average molecular weight is 611 g/mol. The van der Waals surface area contributed by atoms with E-state index in [9.17, 15) is 22.8 Å². The Balaban J connectivity index is 1.47. The molecule has 17 heteroatoms. The number of carbonyl (C=O) groups is 3. The van der Waals surface area contributed by atoms with E-state index in [1.807, 2.05) is 0 Å². The molecule has 6 radical (unpaired) electrons. The molecule has 0 spiro atoms. The summed E-state index contributed by atoms with van der Waals surface area (Å²) in [6.07, 6.45) is 2.85. The van der Waals surface area contributed by atoms with E-state index in [0.29, 0.717) is 22.7 Å². The van der Waals surface area contributed by atoms with Crippen molar-refractivity contribution in [1.29, 1.82) is 0 Å². The Morgan fingerprint density at radius 1 is 1.07 bits per heavy atom. The number of aryl methyl sites for hydroxylation is 1. The van der Waals surface area contributed by atoms with Crippen LogP contribution in [-0.2, 0) is 21.7 Å². The van der Waals surface area contributed by atoms with Crippen LogP contribution < -0.4 is 20.7 Å². The highest BCUT2D eigenvalue weighted by Gasteiger charge is 2.31. The third kappa shape index (κ3) is 7.09. The number of hydrogen-bond donors (Lipinski definition) is 3. The molecular weight excluding hydrogens is 583 g/mol. The van der Waals surface area contributed by atoms with Crippen molar-refractivity contribution in [2.75, 3.05) is 42.3 Å². The smallest absolute Gasteiger partial charge is 0.272 e. The van der Waals surface area contributed by atoms with Crippen molar-refractivity contribution in [2.24, 2.45) is 13.0 Å². The van der Waals surface area contributed by atoms with Gasteiger partial charge in [-0.15, -0.1) is 0 Å². The number of benzene rings is 1. The first-order valence-electron chi connectivity index (χ1n) is 13.7. The number of rotatable bonds is 9. The third-order valence-corrected chi connectivity index (χ3v) is 8.78. The number of para-hydroxylation sites is 1. The fourth-order valence-corrected chi connectivity index (χ4v) is 5.93. The number of hydrogen-bond acceptors (Lipinski definition) is 9. The number of sulfone groups is 1. The van der Waals surface area contributed by atoms with E-state index in [-0.39, 0.29) is 65.1 Å². The van der Waals surface area contributed by atoms with Gasteiger partial charge in [-0.2, -0.15) is 5.10 Å². The number of pyridine rings is 1. The van der Waals surface area contributed by atoms with Gasteiger partial charge in [0, 0.05) is 43.9 Å². The minimum absolute atomic E-state index is 0.0295. The van der Waals surface area contributed by atoms with Crippen LogP contribution in [0.5, 0.6) is 5.75 Å². The molecule has 1 aromatic carbocycles. The van der Waals surface area contributed by atoms with Gasteiger partial charge in [0.1, 0.15) is 11.5 Å². The zero-order chi connectivity index (χ0) is 31.8. The summed E-state index contributed by atoms with van der Waals surface area (Å²) in [6, 6.07) is 8.28. The van der Waals surface area contributed by atoms with E-state index < -0.39 is 21.0 Å². The number of nitrogens with zero attached hydrogens (tertiary/aromatic N) is 4. The zero-order valence-corrected chi connectivity index (χ0v) is 25.0. The molecule has 3 amide bonds. The van der Waals surface area contributed by atoms with E-state index in [1.54, 1.807) is 31.3 Å². The Morgan fingerprint density at radius 2 is 1.77 bits per heavy atom. The molecule has 0 unspecified atom stereocenters. The van der Waals surface area contributed by atoms with E-state index in [1.165, 1.54) is 29.0 Å². The topological polar surface area (TPSA) is 165 Å². The maximum Gasteiger partial charge on any atom is 0.272 e. The summed E-state index contributed by atoms with van der Waals surface area (Å²) in [7, 11) is 16.7. The predicted molar refractivity (Wildman–Crippen MR) is 166 cm³/mol. The molecule has 2 aliphatic rings. The molecule has 1 aliphatic heterocycles. The van der Waals surface area contributed by atoms with Crippen molar-refractivity contribution >= 4 is 68.3 Å². The van der Waals surface area contributed by atoms with Gasteiger partial charge in [-0.3, -0.25) is 19.1 Å². The Morgan fingerprint density at radius 3 is 2.41 bits per heavy atom. The highest BCUT2D eigenvalue weighted by molar-refractivity contribution is 7.91. The standard InChI is InChI=1S/C27H28B3N7O6S/c1-36-21(26(40)37-8-10-44(41,42)11-9-37)12-20(35-36)16-4-3-5-18(23(16)43-2)32-19-13-22(33-24(38)15-6-7-15)31-14-17(19)25(39)34-27(28,29)30/h3-5,12-15H,6-11H2,1-2H3,(H,34,39)(H2,31,32,33,38). The van der Waals surface area contributed by atoms with Gasteiger partial charge in [0.25, 0.3) is 11.8 Å². The summed E-state index contributed by atoms with van der Waals surface area (Å²) in [4.78, 5) is 44.3. The van der Waals surface area contributed by atoms with Crippen molar-refractivity contribution in [3.05, 3.63) is 47.8 Å². The summed E-state index contributed by atoms with van der Waals surface area (Å²) in [5, 5.41) is 10.7. The first-order chi connectivity index (χ1) is 20.7. The van der Waals surface area contributed by atoms with Crippen LogP contribution in [0.25, 0.3) is 11.3 Å². The second kappa shape index (κ2) is 12.0. The highest BCUT2D eigenvalue weighted by atomic mass is 32.2. The molecule has 0 bridgehead atoms. The second-order valence-electron chi connectivity index (χ2n) is 10.8. The van der Waals surface area contributed by atoms with E-state index in [0.717, 1.165) is 12.8 Å². The summed E-state index contributed by atoms with van der Waals surface area (Å²) in [5.74, 6) is -0.918. The number of aromatic nitrogens is 3. The van der Waals surface area contributed by atoms with Crippen LogP contribution in [0.3, 0.4) is 0 Å². The first-order valence-corrected chi connectivity index (χ1v) is 15.5. The average Bonchev–Trinajstić information content (AvgIpc) is 3.73. The largest absolute Gasteiger partial charge is 0.494 e. The molecule has 222 valence electrons. The van der Waals surface area contributed by atoms with Crippen LogP contribution in [0.2, 0.25) is 0 Å². The molecule has 3 aromatic rings. The van der Waals surface area contributed by atoms with Crippen molar-refractivity contribution in [3.8, 4) is 17.0 Å². The molecule has 3 heterocycles. The fourth-order valence-electron chi connectivity index (χ4n) is 4.72. The fraction of sp³-hybridized carbons (Fsp3) is 0.370. The van der Waals surface area contributed by atoms with Crippen LogP contribution in [-0.4, -0.2) is 106 Å². The number of amides is 3. The summed E-state index contributed by atoms with van der Waals surface area (Å²) in [6.45, 7) is 0.212.